The zero-order valence-electron chi connectivity index (χ0n) is 15.2. The number of halogens is 2. The third-order valence-corrected chi connectivity index (χ3v) is 6.20. The molecule has 1 aliphatic heterocycles. The van der Waals surface area contributed by atoms with Crippen LogP contribution < -0.4 is 0 Å². The predicted octanol–water partition coefficient (Wildman–Crippen LogP) is 4.26. The highest BCUT2D eigenvalue weighted by Gasteiger charge is 2.23. The van der Waals surface area contributed by atoms with Gasteiger partial charge in [0.25, 0.3) is 5.91 Å². The van der Waals surface area contributed by atoms with Crippen LogP contribution in [0.25, 0.3) is 0 Å². The number of carbonyl (C=O) groups excluding carboxylic acids is 1. The molecular weight excluding hydrogens is 415 g/mol. The molecule has 28 heavy (non-hydrogen) atoms. The van der Waals surface area contributed by atoms with E-state index in [0.29, 0.717) is 11.6 Å². The first kappa shape index (κ1) is 19.5. The lowest BCUT2D eigenvalue weighted by Crippen LogP contribution is -2.48. The van der Waals surface area contributed by atoms with Crippen LogP contribution >= 0.6 is 34.5 Å². The number of piperazine rings is 1. The maximum absolute atomic E-state index is 12.8. The summed E-state index contributed by atoms with van der Waals surface area (Å²) in [5.41, 5.74) is 2.31. The molecule has 0 saturated carbocycles. The van der Waals surface area contributed by atoms with Crippen molar-refractivity contribution in [3.8, 4) is 0 Å². The van der Waals surface area contributed by atoms with Crippen LogP contribution in [-0.4, -0.2) is 51.7 Å². The van der Waals surface area contributed by atoms with Crippen LogP contribution in [0.5, 0.6) is 0 Å². The van der Waals surface area contributed by atoms with Gasteiger partial charge in [0.2, 0.25) is 0 Å². The molecule has 1 aliphatic rings. The summed E-state index contributed by atoms with van der Waals surface area (Å²) in [6, 6.07) is 9.91. The Kier molecular flexibility index (Phi) is 6.01. The first-order valence-electron chi connectivity index (χ1n) is 9.08. The van der Waals surface area contributed by atoms with Gasteiger partial charge in [0.05, 0.1) is 22.6 Å². The van der Waals surface area contributed by atoms with E-state index in [1.807, 2.05) is 28.5 Å². The van der Waals surface area contributed by atoms with Crippen molar-refractivity contribution in [2.24, 2.45) is 0 Å². The Morgan fingerprint density at radius 1 is 1.00 bits per heavy atom. The highest BCUT2D eigenvalue weighted by atomic mass is 35.5. The molecule has 4 rings (SSSR count). The van der Waals surface area contributed by atoms with Gasteiger partial charge >= 0.3 is 0 Å². The Bertz CT molecular complexity index is 945. The van der Waals surface area contributed by atoms with E-state index < -0.39 is 0 Å². The Morgan fingerprint density at radius 2 is 1.75 bits per heavy atom. The highest BCUT2D eigenvalue weighted by molar-refractivity contribution is 7.12. The monoisotopic (exact) mass is 434 g/mol. The van der Waals surface area contributed by atoms with Gasteiger partial charge in [-0.05, 0) is 34.7 Å². The van der Waals surface area contributed by atoms with Crippen LogP contribution in [0.2, 0.25) is 10.0 Å². The van der Waals surface area contributed by atoms with Gasteiger partial charge in [0, 0.05) is 43.9 Å². The highest BCUT2D eigenvalue weighted by Crippen LogP contribution is 2.20. The van der Waals surface area contributed by atoms with E-state index in [9.17, 15) is 4.79 Å². The molecule has 3 heterocycles. The van der Waals surface area contributed by atoms with Crippen molar-refractivity contribution >= 4 is 40.4 Å². The second kappa shape index (κ2) is 8.66. The van der Waals surface area contributed by atoms with E-state index in [1.165, 1.54) is 16.9 Å². The van der Waals surface area contributed by atoms with Crippen molar-refractivity contribution < 1.29 is 4.79 Å². The zero-order chi connectivity index (χ0) is 19.5. The van der Waals surface area contributed by atoms with Gasteiger partial charge < -0.3 is 4.90 Å². The summed E-state index contributed by atoms with van der Waals surface area (Å²) in [4.78, 5) is 17.9. The summed E-state index contributed by atoms with van der Waals surface area (Å²) in [5, 5.41) is 7.57. The summed E-state index contributed by atoms with van der Waals surface area (Å²) in [6.07, 6.45) is 3.39. The normalized spacial score (nSPS) is 15.1. The molecule has 146 valence electrons. The van der Waals surface area contributed by atoms with Crippen LogP contribution in [0.1, 0.15) is 20.8 Å². The SMILES string of the molecule is O=C(c1cc(Cn2cc(Cl)cn2)cs1)N1CCN(Cc2ccc(Cl)cc2)CC1. The fourth-order valence-corrected chi connectivity index (χ4v) is 4.45. The summed E-state index contributed by atoms with van der Waals surface area (Å²) in [6.45, 7) is 4.74. The average molecular weight is 435 g/mol. The molecule has 5 nitrogen and oxygen atoms in total. The molecular formula is C20H20Cl2N4OS. The number of benzene rings is 1. The third kappa shape index (κ3) is 4.75. The second-order valence-corrected chi connectivity index (χ2v) is 8.65. The molecule has 0 radical (unpaired) electrons. The molecule has 8 heteroatoms. The Balaban J connectivity index is 1.30. The van der Waals surface area contributed by atoms with Crippen molar-refractivity contribution in [1.29, 1.82) is 0 Å². The zero-order valence-corrected chi connectivity index (χ0v) is 17.6. The quantitative estimate of drug-likeness (QED) is 0.602. The predicted molar refractivity (Wildman–Crippen MR) is 113 cm³/mol. The molecule has 0 atom stereocenters. The lowest BCUT2D eigenvalue weighted by Gasteiger charge is -2.34. The number of hydrogen-bond acceptors (Lipinski definition) is 4. The van der Waals surface area contributed by atoms with E-state index in [4.69, 9.17) is 23.2 Å². The number of carbonyl (C=O) groups is 1. The van der Waals surface area contributed by atoms with Crippen molar-refractivity contribution in [2.45, 2.75) is 13.1 Å². The summed E-state index contributed by atoms with van der Waals surface area (Å²) in [5.74, 6) is 0.112. The van der Waals surface area contributed by atoms with E-state index >= 15 is 0 Å². The first-order chi connectivity index (χ1) is 13.6. The number of aromatic nitrogens is 2. The van der Waals surface area contributed by atoms with Crippen LogP contribution in [0.15, 0.2) is 48.1 Å². The molecule has 0 unspecified atom stereocenters. The van der Waals surface area contributed by atoms with Crippen molar-refractivity contribution in [3.63, 3.8) is 0 Å². The molecule has 3 aromatic rings. The van der Waals surface area contributed by atoms with Gasteiger partial charge in [-0.25, -0.2) is 0 Å². The average Bonchev–Trinajstić information content (AvgIpc) is 3.33. The summed E-state index contributed by atoms with van der Waals surface area (Å²) < 4.78 is 1.77. The first-order valence-corrected chi connectivity index (χ1v) is 10.7. The number of nitrogens with zero attached hydrogens (tertiary/aromatic N) is 4. The van der Waals surface area contributed by atoms with Crippen LogP contribution in [0.3, 0.4) is 0 Å². The standard InChI is InChI=1S/C20H20Cl2N4OS/c21-17-3-1-15(2-4-17)11-24-5-7-25(8-6-24)20(27)19-9-16(14-28-19)12-26-13-18(22)10-23-26/h1-4,9-10,13-14H,5-8,11-12H2. The third-order valence-electron chi connectivity index (χ3n) is 4.79. The van der Waals surface area contributed by atoms with Crippen molar-refractivity contribution in [1.82, 2.24) is 19.6 Å². The van der Waals surface area contributed by atoms with Gasteiger partial charge in [-0.2, -0.15) is 5.10 Å². The van der Waals surface area contributed by atoms with Gasteiger partial charge in [0.15, 0.2) is 0 Å². The molecule has 1 fully saturated rings. The van der Waals surface area contributed by atoms with Crippen LogP contribution in [0, 0.1) is 0 Å². The summed E-state index contributed by atoms with van der Waals surface area (Å²) in [7, 11) is 0. The molecule has 2 aromatic heterocycles. The minimum Gasteiger partial charge on any atom is -0.335 e. The molecule has 0 aliphatic carbocycles. The van der Waals surface area contributed by atoms with E-state index in [1.54, 1.807) is 17.1 Å². The van der Waals surface area contributed by atoms with Gasteiger partial charge in [-0.15, -0.1) is 11.3 Å². The van der Waals surface area contributed by atoms with E-state index in [0.717, 1.165) is 48.2 Å². The Hall–Kier alpha value is -1.86. The molecule has 1 aromatic carbocycles. The summed E-state index contributed by atoms with van der Waals surface area (Å²) >= 11 is 13.3. The minimum absolute atomic E-state index is 0.112. The number of rotatable bonds is 5. The van der Waals surface area contributed by atoms with Crippen molar-refractivity contribution in [3.05, 3.63) is 74.2 Å². The van der Waals surface area contributed by atoms with Gasteiger partial charge in [-0.1, -0.05) is 35.3 Å². The molecule has 0 spiro atoms. The van der Waals surface area contributed by atoms with Gasteiger partial charge in [0.1, 0.15) is 0 Å². The maximum Gasteiger partial charge on any atom is 0.264 e. The van der Waals surface area contributed by atoms with Gasteiger partial charge in [-0.3, -0.25) is 14.4 Å². The molecule has 0 N–H and O–H groups in total. The molecule has 1 amide bonds. The molecule has 0 bridgehead atoms. The topological polar surface area (TPSA) is 41.4 Å². The van der Waals surface area contributed by atoms with Crippen LogP contribution in [0.4, 0.5) is 0 Å². The fraction of sp³-hybridized carbons (Fsp3) is 0.300. The Labute approximate surface area is 178 Å². The largest absolute Gasteiger partial charge is 0.335 e. The Morgan fingerprint density at radius 3 is 2.43 bits per heavy atom. The van der Waals surface area contributed by atoms with E-state index in [2.05, 4.69) is 22.1 Å². The lowest BCUT2D eigenvalue weighted by atomic mass is 10.2. The number of amides is 1. The van der Waals surface area contributed by atoms with E-state index in [-0.39, 0.29) is 5.91 Å². The molecule has 1 saturated heterocycles. The number of hydrogen-bond donors (Lipinski definition) is 0. The van der Waals surface area contributed by atoms with Crippen LogP contribution in [-0.2, 0) is 13.1 Å². The fourth-order valence-electron chi connectivity index (χ4n) is 3.30. The maximum atomic E-state index is 12.8. The smallest absolute Gasteiger partial charge is 0.264 e. The van der Waals surface area contributed by atoms with Crippen molar-refractivity contribution in [2.75, 3.05) is 26.2 Å². The minimum atomic E-state index is 0.112. The lowest BCUT2D eigenvalue weighted by molar-refractivity contribution is 0.0633. The number of thiophene rings is 1. The second-order valence-electron chi connectivity index (χ2n) is 6.87.